The molecule has 1 amide bonds. The number of halogens is 1. The Balaban J connectivity index is 1.72. The lowest BCUT2D eigenvalue weighted by atomic mass is 10.2. The molecule has 23 heavy (non-hydrogen) atoms. The van der Waals surface area contributed by atoms with Gasteiger partial charge in [0.25, 0.3) is 0 Å². The van der Waals surface area contributed by atoms with Gasteiger partial charge in [-0.3, -0.25) is 4.79 Å². The van der Waals surface area contributed by atoms with E-state index in [9.17, 15) is 4.79 Å². The van der Waals surface area contributed by atoms with E-state index < -0.39 is 5.91 Å². The zero-order valence-corrected chi connectivity index (χ0v) is 13.2. The van der Waals surface area contributed by atoms with E-state index >= 15 is 0 Å². The topological polar surface area (TPSA) is 68.0 Å². The maximum Gasteiger partial charge on any atom is 0.313 e. The fraction of sp³-hybridized carbons (Fsp3) is 0.118. The van der Waals surface area contributed by atoms with E-state index in [-0.39, 0.29) is 5.89 Å². The highest BCUT2D eigenvalue weighted by atomic mass is 35.5. The molecular weight excluding hydrogens is 314 g/mol. The largest absolute Gasteiger partial charge is 0.417 e. The van der Waals surface area contributed by atoms with Crippen molar-refractivity contribution in [3.63, 3.8) is 0 Å². The first-order chi connectivity index (χ1) is 11.1. The number of anilines is 1. The minimum Gasteiger partial charge on any atom is -0.417 e. The predicted octanol–water partition coefficient (Wildman–Crippen LogP) is 3.87. The van der Waals surface area contributed by atoms with E-state index in [2.05, 4.69) is 15.5 Å². The van der Waals surface area contributed by atoms with Crippen molar-refractivity contribution >= 4 is 23.2 Å². The van der Waals surface area contributed by atoms with Gasteiger partial charge in [-0.15, -0.1) is 10.2 Å². The van der Waals surface area contributed by atoms with Gasteiger partial charge in [0, 0.05) is 10.7 Å². The zero-order valence-electron chi connectivity index (χ0n) is 12.4. The maximum absolute atomic E-state index is 12.2. The number of hydrogen-bond donors (Lipinski definition) is 1. The summed E-state index contributed by atoms with van der Waals surface area (Å²) in [6, 6.07) is 15.0. The van der Waals surface area contributed by atoms with Crippen LogP contribution < -0.4 is 5.32 Å². The first kappa shape index (κ1) is 15.2. The average Bonchev–Trinajstić information content (AvgIpc) is 3.00. The molecule has 0 bridgehead atoms. The van der Waals surface area contributed by atoms with E-state index in [4.69, 9.17) is 16.0 Å². The van der Waals surface area contributed by atoms with Gasteiger partial charge in [-0.2, -0.15) is 0 Å². The smallest absolute Gasteiger partial charge is 0.313 e. The Morgan fingerprint density at radius 2 is 1.96 bits per heavy atom. The summed E-state index contributed by atoms with van der Waals surface area (Å²) in [7, 11) is 0. The highest BCUT2D eigenvalue weighted by Crippen LogP contribution is 2.20. The van der Waals surface area contributed by atoms with Crippen molar-refractivity contribution in [2.45, 2.75) is 13.3 Å². The molecule has 0 saturated carbocycles. The molecule has 3 aromatic rings. The zero-order chi connectivity index (χ0) is 16.2. The van der Waals surface area contributed by atoms with Crippen LogP contribution in [0, 0.1) is 6.92 Å². The van der Waals surface area contributed by atoms with Gasteiger partial charge in [-0.1, -0.05) is 48.0 Å². The first-order valence-corrected chi connectivity index (χ1v) is 7.43. The lowest BCUT2D eigenvalue weighted by molar-refractivity contribution is 0.0988. The molecule has 0 radical (unpaired) electrons. The highest BCUT2D eigenvalue weighted by Gasteiger charge is 2.16. The number of amides is 1. The van der Waals surface area contributed by atoms with Gasteiger partial charge in [-0.25, -0.2) is 0 Å². The van der Waals surface area contributed by atoms with E-state index in [1.165, 1.54) is 0 Å². The third-order valence-corrected chi connectivity index (χ3v) is 3.54. The normalized spacial score (nSPS) is 10.5. The van der Waals surface area contributed by atoms with Crippen molar-refractivity contribution in [3.05, 3.63) is 76.5 Å². The van der Waals surface area contributed by atoms with Crippen LogP contribution in [0.5, 0.6) is 0 Å². The molecule has 6 heteroatoms. The van der Waals surface area contributed by atoms with Gasteiger partial charge >= 0.3 is 11.8 Å². The van der Waals surface area contributed by atoms with Crippen LogP contribution >= 0.6 is 11.6 Å². The molecule has 1 aromatic heterocycles. The van der Waals surface area contributed by atoms with Crippen molar-refractivity contribution in [1.82, 2.24) is 10.2 Å². The van der Waals surface area contributed by atoms with Crippen LogP contribution in [0.3, 0.4) is 0 Å². The van der Waals surface area contributed by atoms with Gasteiger partial charge in [-0.05, 0) is 30.2 Å². The van der Waals surface area contributed by atoms with Crippen LogP contribution in [0.1, 0.15) is 27.7 Å². The highest BCUT2D eigenvalue weighted by molar-refractivity contribution is 6.31. The molecule has 3 rings (SSSR count). The second-order valence-electron chi connectivity index (χ2n) is 5.08. The summed E-state index contributed by atoms with van der Waals surface area (Å²) in [4.78, 5) is 12.2. The Labute approximate surface area is 138 Å². The van der Waals surface area contributed by atoms with Gasteiger partial charge in [0.05, 0.1) is 6.42 Å². The van der Waals surface area contributed by atoms with Crippen LogP contribution in [0.2, 0.25) is 5.02 Å². The van der Waals surface area contributed by atoms with Gasteiger partial charge < -0.3 is 9.73 Å². The molecule has 0 spiro atoms. The SMILES string of the molecule is Cc1ccc(Cl)cc1NC(=O)c1nnc(Cc2ccccc2)o1. The van der Waals surface area contributed by atoms with Crippen LogP contribution in [0.25, 0.3) is 0 Å². The van der Waals surface area contributed by atoms with Crippen LogP contribution in [0.4, 0.5) is 5.69 Å². The van der Waals surface area contributed by atoms with E-state index in [1.807, 2.05) is 43.3 Å². The summed E-state index contributed by atoms with van der Waals surface area (Å²) in [5.41, 5.74) is 2.55. The Bertz CT molecular complexity index is 831. The summed E-state index contributed by atoms with van der Waals surface area (Å²) in [5, 5.41) is 11.0. The summed E-state index contributed by atoms with van der Waals surface area (Å²) in [5.74, 6) is -0.137. The van der Waals surface area contributed by atoms with E-state index in [0.29, 0.717) is 23.0 Å². The molecule has 116 valence electrons. The number of aryl methyl sites for hydroxylation is 1. The fourth-order valence-corrected chi connectivity index (χ4v) is 2.26. The van der Waals surface area contributed by atoms with Crippen molar-refractivity contribution in [3.8, 4) is 0 Å². The van der Waals surface area contributed by atoms with Gasteiger partial charge in [0.15, 0.2) is 0 Å². The summed E-state index contributed by atoms with van der Waals surface area (Å²) < 4.78 is 5.42. The third-order valence-electron chi connectivity index (χ3n) is 3.31. The number of nitrogens with one attached hydrogen (secondary N) is 1. The lowest BCUT2D eigenvalue weighted by Gasteiger charge is -2.06. The van der Waals surface area contributed by atoms with Gasteiger partial charge in [0.1, 0.15) is 0 Å². The molecule has 2 aromatic carbocycles. The van der Waals surface area contributed by atoms with Crippen molar-refractivity contribution in [1.29, 1.82) is 0 Å². The molecule has 0 atom stereocenters. The third kappa shape index (κ3) is 3.76. The maximum atomic E-state index is 12.2. The number of rotatable bonds is 4. The Hall–Kier alpha value is -2.66. The number of benzene rings is 2. The molecule has 0 saturated heterocycles. The summed E-state index contributed by atoms with van der Waals surface area (Å²) >= 11 is 5.94. The van der Waals surface area contributed by atoms with E-state index in [0.717, 1.165) is 11.1 Å². The van der Waals surface area contributed by atoms with Crippen molar-refractivity contribution in [2.75, 3.05) is 5.32 Å². The van der Waals surface area contributed by atoms with Crippen molar-refractivity contribution < 1.29 is 9.21 Å². The molecule has 0 aliphatic rings. The molecule has 1 N–H and O–H groups in total. The fourth-order valence-electron chi connectivity index (χ4n) is 2.09. The molecule has 5 nitrogen and oxygen atoms in total. The summed E-state index contributed by atoms with van der Waals surface area (Å²) in [6.45, 7) is 1.88. The Morgan fingerprint density at radius 3 is 2.74 bits per heavy atom. The lowest BCUT2D eigenvalue weighted by Crippen LogP contribution is -2.13. The number of aromatic nitrogens is 2. The minimum absolute atomic E-state index is 0.0738. The average molecular weight is 328 g/mol. The number of carbonyl (C=O) groups is 1. The minimum atomic E-state index is -0.456. The van der Waals surface area contributed by atoms with Crippen LogP contribution in [-0.2, 0) is 6.42 Å². The molecule has 0 unspecified atom stereocenters. The Morgan fingerprint density at radius 1 is 1.17 bits per heavy atom. The molecular formula is C17H14ClN3O2. The second kappa shape index (κ2) is 6.62. The van der Waals surface area contributed by atoms with E-state index in [1.54, 1.807) is 12.1 Å². The van der Waals surface area contributed by atoms with Crippen LogP contribution in [0.15, 0.2) is 52.9 Å². The molecule has 1 heterocycles. The number of hydrogen-bond acceptors (Lipinski definition) is 4. The second-order valence-corrected chi connectivity index (χ2v) is 5.51. The van der Waals surface area contributed by atoms with Gasteiger partial charge in [0.2, 0.25) is 5.89 Å². The number of nitrogens with zero attached hydrogens (tertiary/aromatic N) is 2. The monoisotopic (exact) mass is 327 g/mol. The molecule has 0 aliphatic heterocycles. The Kier molecular flexibility index (Phi) is 4.39. The first-order valence-electron chi connectivity index (χ1n) is 7.05. The predicted molar refractivity (Wildman–Crippen MR) is 87.7 cm³/mol. The quantitative estimate of drug-likeness (QED) is 0.789. The number of carbonyl (C=O) groups excluding carboxylic acids is 1. The summed E-state index contributed by atoms with van der Waals surface area (Å²) in [6.07, 6.45) is 0.483. The van der Waals surface area contributed by atoms with Crippen molar-refractivity contribution in [2.24, 2.45) is 0 Å². The van der Waals surface area contributed by atoms with Crippen LogP contribution in [-0.4, -0.2) is 16.1 Å². The molecule has 0 fully saturated rings. The molecule has 0 aliphatic carbocycles. The standard InChI is InChI=1S/C17H14ClN3O2/c1-11-7-8-13(18)10-14(11)19-16(22)17-21-20-15(23-17)9-12-5-3-2-4-6-12/h2-8,10H,9H2,1H3,(H,19,22).